The first kappa shape index (κ1) is 18.4. The van der Waals surface area contributed by atoms with Gasteiger partial charge in [0, 0.05) is 41.7 Å². The van der Waals surface area contributed by atoms with E-state index in [0.29, 0.717) is 16.1 Å². The van der Waals surface area contributed by atoms with Crippen molar-refractivity contribution in [2.24, 2.45) is 4.36 Å². The van der Waals surface area contributed by atoms with Crippen LogP contribution in [0.25, 0.3) is 0 Å². The average Bonchev–Trinajstić information content (AvgIpc) is 2.55. The van der Waals surface area contributed by atoms with Crippen LogP contribution in [0.4, 0.5) is 5.69 Å². The summed E-state index contributed by atoms with van der Waals surface area (Å²) in [6.07, 6.45) is 4.29. The third-order valence-corrected chi connectivity index (χ3v) is 4.78. The van der Waals surface area contributed by atoms with E-state index in [1.165, 1.54) is 25.6 Å². The first-order valence-electron chi connectivity index (χ1n) is 7.34. The van der Waals surface area contributed by atoms with Crippen molar-refractivity contribution in [2.45, 2.75) is 18.7 Å². The largest absolute Gasteiger partial charge is 0.326 e. The molecular weight excluding hydrogens is 338 g/mol. The van der Waals surface area contributed by atoms with Crippen molar-refractivity contribution in [1.82, 2.24) is 4.98 Å². The van der Waals surface area contributed by atoms with Crippen LogP contribution in [0.2, 0.25) is 0 Å². The monoisotopic (exact) mass is 355 g/mol. The third-order valence-electron chi connectivity index (χ3n) is 3.12. The van der Waals surface area contributed by atoms with Gasteiger partial charge in [-0.15, -0.1) is 5.92 Å². The molecule has 0 aliphatic heterocycles. The minimum Gasteiger partial charge on any atom is -0.326 e. The van der Waals surface area contributed by atoms with Gasteiger partial charge in [0.15, 0.2) is 0 Å². The van der Waals surface area contributed by atoms with Gasteiger partial charge in [0.2, 0.25) is 5.91 Å². The molecule has 0 bridgehead atoms. The van der Waals surface area contributed by atoms with Gasteiger partial charge in [0.05, 0.1) is 15.3 Å². The molecule has 0 saturated heterocycles. The topological polar surface area (TPSA) is 88.5 Å². The Morgan fingerprint density at radius 3 is 2.48 bits per heavy atom. The lowest BCUT2D eigenvalue weighted by Gasteiger charge is -2.06. The summed E-state index contributed by atoms with van der Waals surface area (Å²) >= 11 is 0. The van der Waals surface area contributed by atoms with Crippen molar-refractivity contribution < 1.29 is 13.8 Å². The van der Waals surface area contributed by atoms with Gasteiger partial charge in [-0.25, -0.2) is 4.21 Å². The zero-order valence-corrected chi connectivity index (χ0v) is 14.9. The van der Waals surface area contributed by atoms with E-state index in [2.05, 4.69) is 26.5 Å². The quantitative estimate of drug-likeness (QED) is 0.858. The molecule has 1 heterocycles. The standard InChI is InChI=1S/C18H17N3O3S/c1-4-5-14-10-15(12-19-11-14)18(23)21-25(3,24)17-8-6-16(7-9-17)20-13(2)22/h6-12H,1-3H3,(H,20,22). The van der Waals surface area contributed by atoms with Crippen molar-refractivity contribution in [3.8, 4) is 11.8 Å². The summed E-state index contributed by atoms with van der Waals surface area (Å²) in [7, 11) is -2.93. The number of carbonyl (C=O) groups excluding carboxylic acids is 2. The summed E-state index contributed by atoms with van der Waals surface area (Å²) in [4.78, 5) is 27.7. The van der Waals surface area contributed by atoms with Crippen LogP contribution >= 0.6 is 0 Å². The van der Waals surface area contributed by atoms with E-state index in [9.17, 15) is 13.8 Å². The van der Waals surface area contributed by atoms with Crippen LogP contribution in [0, 0.1) is 11.8 Å². The fourth-order valence-corrected chi connectivity index (χ4v) is 3.20. The molecule has 7 heteroatoms. The van der Waals surface area contributed by atoms with Crippen LogP contribution in [0.3, 0.4) is 0 Å². The van der Waals surface area contributed by atoms with E-state index in [-0.39, 0.29) is 11.5 Å². The molecule has 128 valence electrons. The third kappa shape index (κ3) is 4.99. The van der Waals surface area contributed by atoms with Gasteiger partial charge < -0.3 is 5.32 Å². The first-order valence-corrected chi connectivity index (χ1v) is 9.26. The zero-order valence-electron chi connectivity index (χ0n) is 14.1. The van der Waals surface area contributed by atoms with E-state index in [0.717, 1.165) is 0 Å². The van der Waals surface area contributed by atoms with Gasteiger partial charge in [-0.2, -0.15) is 4.36 Å². The number of benzene rings is 1. The van der Waals surface area contributed by atoms with Gasteiger partial charge in [-0.1, -0.05) is 5.92 Å². The van der Waals surface area contributed by atoms with Crippen LogP contribution in [-0.2, 0) is 14.5 Å². The second-order valence-corrected chi connectivity index (χ2v) is 7.50. The minimum atomic E-state index is -2.93. The molecule has 2 aromatic rings. The lowest BCUT2D eigenvalue weighted by Crippen LogP contribution is -2.07. The van der Waals surface area contributed by atoms with Crippen LogP contribution in [0.15, 0.2) is 52.0 Å². The predicted molar refractivity (Wildman–Crippen MR) is 96.6 cm³/mol. The van der Waals surface area contributed by atoms with Gasteiger partial charge in [-0.05, 0) is 37.3 Å². The SMILES string of the molecule is CC#Cc1cncc(C(=O)N=S(C)(=O)c2ccc(NC(C)=O)cc2)c1. The van der Waals surface area contributed by atoms with E-state index in [1.807, 2.05) is 0 Å². The molecule has 0 fully saturated rings. The maximum absolute atomic E-state index is 12.8. The fourth-order valence-electron chi connectivity index (χ4n) is 2.03. The average molecular weight is 355 g/mol. The Morgan fingerprint density at radius 2 is 1.88 bits per heavy atom. The molecule has 0 aliphatic carbocycles. The minimum absolute atomic E-state index is 0.201. The molecule has 6 nitrogen and oxygen atoms in total. The van der Waals surface area contributed by atoms with E-state index in [1.54, 1.807) is 37.3 Å². The normalized spacial score (nSPS) is 12.3. The van der Waals surface area contributed by atoms with Crippen LogP contribution in [-0.4, -0.2) is 27.3 Å². The van der Waals surface area contributed by atoms with Gasteiger partial charge >= 0.3 is 0 Å². The molecule has 0 spiro atoms. The number of amides is 2. The molecule has 25 heavy (non-hydrogen) atoms. The van der Waals surface area contributed by atoms with Gasteiger partial charge in [0.1, 0.15) is 0 Å². The molecule has 1 unspecified atom stereocenters. The number of hydrogen-bond acceptors (Lipinski definition) is 4. The summed E-state index contributed by atoms with van der Waals surface area (Å²) < 4.78 is 16.6. The molecule has 0 saturated carbocycles. The molecule has 1 atom stereocenters. The van der Waals surface area contributed by atoms with Crippen molar-refractivity contribution in [1.29, 1.82) is 0 Å². The number of nitrogens with one attached hydrogen (secondary N) is 1. The molecule has 2 rings (SSSR count). The molecule has 2 amide bonds. The van der Waals surface area contributed by atoms with E-state index >= 15 is 0 Å². The second-order valence-electron chi connectivity index (χ2n) is 5.24. The van der Waals surface area contributed by atoms with Crippen LogP contribution in [0.5, 0.6) is 0 Å². The zero-order chi connectivity index (χ0) is 18.4. The number of rotatable bonds is 3. The maximum Gasteiger partial charge on any atom is 0.286 e. The lowest BCUT2D eigenvalue weighted by molar-refractivity contribution is -0.114. The van der Waals surface area contributed by atoms with E-state index in [4.69, 9.17) is 0 Å². The highest BCUT2D eigenvalue weighted by Crippen LogP contribution is 2.17. The Morgan fingerprint density at radius 1 is 1.20 bits per heavy atom. The highest BCUT2D eigenvalue weighted by atomic mass is 32.2. The molecular formula is C18H17N3O3S. The van der Waals surface area contributed by atoms with Gasteiger partial charge in [-0.3, -0.25) is 14.6 Å². The van der Waals surface area contributed by atoms with Crippen LogP contribution in [0.1, 0.15) is 29.8 Å². The van der Waals surface area contributed by atoms with E-state index < -0.39 is 15.6 Å². The number of nitrogens with zero attached hydrogens (tertiary/aromatic N) is 2. The van der Waals surface area contributed by atoms with Crippen LogP contribution < -0.4 is 5.32 Å². The second kappa shape index (κ2) is 7.73. The predicted octanol–water partition coefficient (Wildman–Crippen LogP) is 2.71. The Hall–Kier alpha value is -2.98. The summed E-state index contributed by atoms with van der Waals surface area (Å²) in [6, 6.07) is 7.92. The highest BCUT2D eigenvalue weighted by molar-refractivity contribution is 7.93. The Balaban J connectivity index is 2.32. The van der Waals surface area contributed by atoms with Crippen molar-refractivity contribution in [3.63, 3.8) is 0 Å². The highest BCUT2D eigenvalue weighted by Gasteiger charge is 2.12. The Bertz CT molecular complexity index is 992. The number of anilines is 1. The summed E-state index contributed by atoms with van der Waals surface area (Å²) in [6.45, 7) is 3.08. The maximum atomic E-state index is 12.8. The molecule has 0 aliphatic rings. The summed E-state index contributed by atoms with van der Waals surface area (Å²) in [5.41, 5.74) is 1.39. The first-order chi connectivity index (χ1) is 11.8. The summed E-state index contributed by atoms with van der Waals surface area (Å²) in [5, 5.41) is 2.62. The molecule has 0 radical (unpaired) electrons. The smallest absolute Gasteiger partial charge is 0.286 e. The fraction of sp³-hybridized carbons (Fsp3) is 0.167. The van der Waals surface area contributed by atoms with Crippen molar-refractivity contribution in [2.75, 3.05) is 11.6 Å². The summed E-state index contributed by atoms with van der Waals surface area (Å²) in [5.74, 6) is 4.71. The number of carbonyl (C=O) groups is 2. The number of pyridine rings is 1. The Kier molecular flexibility index (Phi) is 5.67. The molecule has 1 aromatic heterocycles. The van der Waals surface area contributed by atoms with Crippen molar-refractivity contribution >= 4 is 27.2 Å². The van der Waals surface area contributed by atoms with Crippen molar-refractivity contribution in [3.05, 3.63) is 53.9 Å². The molecule has 1 aromatic carbocycles. The number of aromatic nitrogens is 1. The number of hydrogen-bond donors (Lipinski definition) is 1. The molecule has 1 N–H and O–H groups in total. The Labute approximate surface area is 146 Å². The lowest BCUT2D eigenvalue weighted by atomic mass is 10.2. The van der Waals surface area contributed by atoms with Gasteiger partial charge in [0.25, 0.3) is 5.91 Å².